The first kappa shape index (κ1) is 67.6. The SMILES string of the molecule is CN(C)CC1CC(c2nc(-c3ccc4ccc(-c5ccccn5)nc4c3)c3c(N)nccn23)C1.Nc1nccn2c(C3CC(CO)C3)nc(-c3ccc4ccc(-c5ccccn5)nc4c3)c12.Nc1nccn2c(C3CC(N4CCN(Cc5cnc[nH]5)CC4)C3)nc(-c3ccc4ccc(-c5ccccc5)nc4c3)c12. The van der Waals surface area contributed by atoms with Gasteiger partial charge in [-0.25, -0.2) is 49.8 Å². The molecule has 0 atom stereocenters. The average molecular weight is 1430 g/mol. The minimum absolute atomic E-state index is 0.227. The lowest BCUT2D eigenvalue weighted by Crippen LogP contribution is -2.53. The van der Waals surface area contributed by atoms with Crippen molar-refractivity contribution in [2.24, 2.45) is 11.8 Å². The molecule has 1 aliphatic heterocycles. The third-order valence-corrected chi connectivity index (χ3v) is 22.1. The van der Waals surface area contributed by atoms with E-state index in [0.717, 1.165) is 212 Å². The number of nitrogens with two attached hydrogens (primary N) is 3. The molecule has 4 fully saturated rings. The van der Waals surface area contributed by atoms with Crippen LogP contribution in [0.3, 0.4) is 0 Å². The summed E-state index contributed by atoms with van der Waals surface area (Å²) in [6.45, 7) is 6.66. The van der Waals surface area contributed by atoms with Gasteiger partial charge in [0.05, 0.1) is 51.3 Å². The summed E-state index contributed by atoms with van der Waals surface area (Å²) in [6, 6.07) is 53.7. The molecule has 0 unspecified atom stereocenters. The van der Waals surface area contributed by atoms with E-state index in [9.17, 15) is 5.11 Å². The van der Waals surface area contributed by atoms with E-state index in [0.29, 0.717) is 53.1 Å². The number of hydrogen-bond acceptors (Lipinski definition) is 19. The summed E-state index contributed by atoms with van der Waals surface area (Å²) < 4.78 is 6.35. The lowest BCUT2D eigenvalue weighted by molar-refractivity contribution is 0.0468. The van der Waals surface area contributed by atoms with Crippen LogP contribution in [0.2, 0.25) is 0 Å². The van der Waals surface area contributed by atoms with Gasteiger partial charge in [0.15, 0.2) is 0 Å². The molecule has 1 saturated heterocycles. The summed E-state index contributed by atoms with van der Waals surface area (Å²) in [5, 5.41) is 12.6. The molecular formula is C85H82N22O. The topological polar surface area (TPSA) is 292 Å². The highest BCUT2D eigenvalue weighted by atomic mass is 16.3. The number of aromatic nitrogens is 16. The number of hydrogen-bond donors (Lipinski definition) is 5. The first-order valence-electron chi connectivity index (χ1n) is 37.2. The van der Waals surface area contributed by atoms with E-state index in [2.05, 4.69) is 168 Å². The third kappa shape index (κ3) is 13.2. The Kier molecular flexibility index (Phi) is 18.1. The fraction of sp³-hybridized carbons (Fsp3) is 0.247. The van der Waals surface area contributed by atoms with Gasteiger partial charge >= 0.3 is 0 Å². The van der Waals surface area contributed by atoms with Gasteiger partial charge in [-0.3, -0.25) is 33.0 Å². The maximum atomic E-state index is 9.43. The second kappa shape index (κ2) is 28.9. The Hall–Kier alpha value is -12.3. The van der Waals surface area contributed by atoms with Gasteiger partial charge in [-0.2, -0.15) is 0 Å². The number of rotatable bonds is 15. The molecule has 3 saturated carbocycles. The van der Waals surface area contributed by atoms with Gasteiger partial charge in [-0.05, 0) is 125 Å². The number of aliphatic hydroxyl groups excluding tert-OH is 1. The number of aromatic amines is 1. The molecule has 12 aromatic heterocycles. The maximum Gasteiger partial charge on any atom is 0.150 e. The van der Waals surface area contributed by atoms with E-state index >= 15 is 0 Å². The maximum absolute atomic E-state index is 9.43. The minimum Gasteiger partial charge on any atom is -0.396 e. The molecule has 3 aliphatic carbocycles. The van der Waals surface area contributed by atoms with Gasteiger partial charge < -0.3 is 32.2 Å². The zero-order valence-corrected chi connectivity index (χ0v) is 60.2. The van der Waals surface area contributed by atoms with Crippen LogP contribution >= 0.6 is 0 Å². The number of aliphatic hydroxyl groups is 1. The summed E-state index contributed by atoms with van der Waals surface area (Å²) in [7, 11) is 4.27. The zero-order chi connectivity index (χ0) is 72.9. The number of piperazine rings is 1. The fourth-order valence-electron chi connectivity index (χ4n) is 16.3. The first-order chi connectivity index (χ1) is 53.0. The van der Waals surface area contributed by atoms with Crippen molar-refractivity contribution >= 4 is 66.7 Å². The number of nitrogens with one attached hydrogen (secondary N) is 1. The molecule has 4 aromatic carbocycles. The number of H-pyrrole nitrogens is 1. The third-order valence-electron chi connectivity index (χ3n) is 22.1. The van der Waals surface area contributed by atoms with Crippen LogP contribution in [-0.4, -0.2) is 157 Å². The summed E-state index contributed by atoms with van der Waals surface area (Å²) >= 11 is 0. The van der Waals surface area contributed by atoms with Crippen molar-refractivity contribution in [3.63, 3.8) is 0 Å². The summed E-state index contributed by atoms with van der Waals surface area (Å²) in [4.78, 5) is 66.9. The molecule has 23 nitrogen and oxygen atoms in total. The van der Waals surface area contributed by atoms with Crippen molar-refractivity contribution in [1.82, 2.24) is 92.7 Å². The fourth-order valence-corrected chi connectivity index (χ4v) is 16.3. The second-order valence-corrected chi connectivity index (χ2v) is 29.4. The van der Waals surface area contributed by atoms with Crippen LogP contribution in [0.1, 0.15) is 79.4 Å². The van der Waals surface area contributed by atoms with E-state index in [1.807, 2.05) is 91.5 Å². The Bertz CT molecular complexity index is 5920. The molecule has 0 bridgehead atoms. The van der Waals surface area contributed by atoms with Gasteiger partial charge in [0.1, 0.15) is 68.6 Å². The van der Waals surface area contributed by atoms with Crippen LogP contribution in [0.15, 0.2) is 220 Å². The van der Waals surface area contributed by atoms with Crippen molar-refractivity contribution in [2.45, 2.75) is 68.9 Å². The molecule has 538 valence electrons. The average Bonchev–Trinajstić information content (AvgIpc) is 1.60. The van der Waals surface area contributed by atoms with Crippen molar-refractivity contribution in [2.75, 3.05) is 70.6 Å². The largest absolute Gasteiger partial charge is 0.396 e. The van der Waals surface area contributed by atoms with Crippen LogP contribution < -0.4 is 17.2 Å². The summed E-state index contributed by atoms with van der Waals surface area (Å²) in [6.07, 6.45) is 24.8. The zero-order valence-electron chi connectivity index (χ0n) is 60.2. The Labute approximate surface area is 623 Å². The van der Waals surface area contributed by atoms with Crippen LogP contribution in [0.4, 0.5) is 17.5 Å². The Balaban J connectivity index is 0.000000116. The van der Waals surface area contributed by atoms with E-state index in [1.165, 1.54) is 5.69 Å². The second-order valence-electron chi connectivity index (χ2n) is 29.4. The molecule has 108 heavy (non-hydrogen) atoms. The minimum atomic E-state index is 0.227. The van der Waals surface area contributed by atoms with Crippen molar-refractivity contribution < 1.29 is 5.11 Å². The smallest absolute Gasteiger partial charge is 0.150 e. The Morgan fingerprint density at radius 1 is 0.435 bits per heavy atom. The monoisotopic (exact) mass is 1430 g/mol. The molecule has 13 heterocycles. The van der Waals surface area contributed by atoms with Crippen LogP contribution in [0, 0.1) is 11.8 Å². The molecule has 0 amide bonds. The highest BCUT2D eigenvalue weighted by molar-refractivity contribution is 5.94. The van der Waals surface area contributed by atoms with E-state index in [4.69, 9.17) is 47.1 Å². The van der Waals surface area contributed by atoms with Crippen LogP contribution in [0.5, 0.6) is 0 Å². The summed E-state index contributed by atoms with van der Waals surface area (Å²) in [5.74, 6) is 6.78. The molecule has 0 spiro atoms. The number of nitrogens with zero attached hydrogens (tertiary/aromatic N) is 18. The quantitative estimate of drug-likeness (QED) is 0.0637. The standard InChI is InChI=1S/C33H33N9.C27H27N7.C25H22N6O/c34-32-31-30(24-7-6-23-8-9-28(38-29(23)18-24)22-4-2-1-3-5-22)39-33(42(31)11-10-36-32)25-16-27(17-25)41-14-12-40(13-15-41)20-26-19-35-21-37-26;1-33(2)16-17-13-20(14-17)27-32-24(25-26(28)30-11-12-34(25)27)19-7-6-18-8-9-22(31-23(18)15-19)21-5-3-4-10-29-21;26-24-23-22(30-25(31(23)10-9-28-24)18-11-15(12-18)14-32)17-5-4-16-6-7-20(29-21(16)13-17)19-3-1-2-8-27-19/h1-11,18-19,21,25,27H,12-17,20H2,(H2,34,36)(H,35,37);3-12,15,17,20H,13-14,16H2,1-2H3,(H2,28,30);1-10,13,15,18,32H,11-12,14H2,(H2,26,28). The van der Waals surface area contributed by atoms with Gasteiger partial charge in [0, 0.05) is 170 Å². The lowest BCUT2D eigenvalue weighted by atomic mass is 9.74. The predicted octanol–water partition coefficient (Wildman–Crippen LogP) is 13.7. The highest BCUT2D eigenvalue weighted by Gasteiger charge is 2.40. The van der Waals surface area contributed by atoms with Crippen LogP contribution in [-0.2, 0) is 6.54 Å². The van der Waals surface area contributed by atoms with Gasteiger partial charge in [-0.15, -0.1) is 0 Å². The predicted molar refractivity (Wildman–Crippen MR) is 424 cm³/mol. The molecule has 20 rings (SSSR count). The Morgan fingerprint density at radius 2 is 0.870 bits per heavy atom. The number of pyridine rings is 5. The normalized spacial score (nSPS) is 18.7. The Morgan fingerprint density at radius 3 is 1.31 bits per heavy atom. The number of nitrogen functional groups attached to an aromatic ring is 3. The molecule has 8 N–H and O–H groups in total. The van der Waals surface area contributed by atoms with Gasteiger partial charge in [0.2, 0.25) is 0 Å². The van der Waals surface area contributed by atoms with Crippen molar-refractivity contribution in [1.29, 1.82) is 0 Å². The summed E-state index contributed by atoms with van der Waals surface area (Å²) in [5.41, 5.74) is 36.5. The molecule has 4 aliphatic rings. The van der Waals surface area contributed by atoms with E-state index < -0.39 is 0 Å². The molecule has 0 radical (unpaired) electrons. The number of imidazole rings is 4. The van der Waals surface area contributed by atoms with Crippen molar-refractivity contribution in [3.8, 4) is 67.8 Å². The molecular weight excluding hydrogens is 1350 g/mol. The number of anilines is 3. The number of fused-ring (bicyclic) bond motifs is 6. The van der Waals surface area contributed by atoms with E-state index in [-0.39, 0.29) is 6.61 Å². The molecule has 16 aromatic rings. The highest BCUT2D eigenvalue weighted by Crippen LogP contribution is 2.47. The van der Waals surface area contributed by atoms with Crippen LogP contribution in [0.25, 0.3) is 117 Å². The lowest BCUT2D eigenvalue weighted by Gasteiger charge is -2.46. The number of benzene rings is 4. The van der Waals surface area contributed by atoms with E-state index in [1.54, 1.807) is 37.3 Å². The van der Waals surface area contributed by atoms with Gasteiger partial charge in [-0.1, -0.05) is 97.1 Å². The molecule has 23 heteroatoms. The first-order valence-corrected chi connectivity index (χ1v) is 37.2. The van der Waals surface area contributed by atoms with Crippen molar-refractivity contribution in [3.05, 3.63) is 243 Å². The van der Waals surface area contributed by atoms with Gasteiger partial charge in [0.25, 0.3) is 0 Å².